The Morgan fingerprint density at radius 2 is 2.00 bits per heavy atom. The van der Waals surface area contributed by atoms with Crippen molar-refractivity contribution in [2.45, 2.75) is 70.9 Å². The summed E-state index contributed by atoms with van der Waals surface area (Å²) in [5.41, 5.74) is -0.453. The number of carbonyl (C=O) groups is 1. The molecule has 132 valence electrons. The molecule has 0 radical (unpaired) electrons. The molecule has 0 aromatic heterocycles. The Kier molecular flexibility index (Phi) is 5.79. The number of hydrogen-bond donors (Lipinski definition) is 0. The molecule has 0 spiro atoms. The zero-order valence-electron chi connectivity index (χ0n) is 14.7. The molecule has 0 saturated carbocycles. The van der Waals surface area contributed by atoms with E-state index in [0.29, 0.717) is 19.7 Å². The molecule has 1 atom stereocenters. The van der Waals surface area contributed by atoms with E-state index >= 15 is 0 Å². The molecule has 6 heteroatoms. The summed E-state index contributed by atoms with van der Waals surface area (Å²) in [4.78, 5) is 13.7. The van der Waals surface area contributed by atoms with Gasteiger partial charge in [0, 0.05) is 26.5 Å². The molecular formula is C17H29NO5. The second kappa shape index (κ2) is 7.43. The summed E-state index contributed by atoms with van der Waals surface area (Å²) < 4.78 is 22.0. The van der Waals surface area contributed by atoms with Gasteiger partial charge in [0.05, 0.1) is 12.6 Å². The molecule has 1 saturated heterocycles. The minimum Gasteiger partial charge on any atom is -0.457 e. The van der Waals surface area contributed by atoms with Crippen molar-refractivity contribution in [2.24, 2.45) is 0 Å². The number of amides is 1. The highest BCUT2D eigenvalue weighted by Gasteiger charge is 2.31. The molecule has 0 unspecified atom stereocenters. The summed E-state index contributed by atoms with van der Waals surface area (Å²) in [6.07, 6.45) is 6.65. The van der Waals surface area contributed by atoms with Gasteiger partial charge in [-0.3, -0.25) is 0 Å². The van der Waals surface area contributed by atoms with Crippen molar-refractivity contribution in [1.29, 1.82) is 0 Å². The van der Waals surface area contributed by atoms with Crippen LogP contribution in [0.4, 0.5) is 4.79 Å². The van der Waals surface area contributed by atoms with Gasteiger partial charge in [-0.05, 0) is 40.0 Å². The maximum atomic E-state index is 12.0. The maximum absolute atomic E-state index is 12.0. The Bertz CT molecular complexity index is 421. The molecule has 0 aliphatic carbocycles. The van der Waals surface area contributed by atoms with E-state index in [0.717, 1.165) is 25.7 Å². The molecule has 2 aliphatic rings. The molecule has 6 nitrogen and oxygen atoms in total. The van der Waals surface area contributed by atoms with E-state index in [9.17, 15) is 4.79 Å². The molecule has 2 aliphatic heterocycles. The molecule has 0 aromatic rings. The van der Waals surface area contributed by atoms with E-state index in [-0.39, 0.29) is 12.2 Å². The minimum absolute atomic E-state index is 0.110. The number of likely N-dealkylation sites (tertiary alicyclic amines) is 1. The van der Waals surface area contributed by atoms with Gasteiger partial charge >= 0.3 is 6.09 Å². The summed E-state index contributed by atoms with van der Waals surface area (Å²) in [5, 5.41) is 0. The normalized spacial score (nSPS) is 22.8. The van der Waals surface area contributed by atoms with Crippen LogP contribution in [-0.4, -0.2) is 48.2 Å². The number of ether oxygens (including phenoxy) is 4. The van der Waals surface area contributed by atoms with Crippen LogP contribution in [0.3, 0.4) is 0 Å². The molecule has 1 amide bonds. The van der Waals surface area contributed by atoms with Gasteiger partial charge in [-0.2, -0.15) is 0 Å². The summed E-state index contributed by atoms with van der Waals surface area (Å²) in [6, 6.07) is 0. The largest absolute Gasteiger partial charge is 0.457 e. The molecule has 23 heavy (non-hydrogen) atoms. The lowest BCUT2D eigenvalue weighted by molar-refractivity contribution is -0.132. The second-order valence-electron chi connectivity index (χ2n) is 7.31. The van der Waals surface area contributed by atoms with Crippen molar-refractivity contribution in [3.8, 4) is 0 Å². The van der Waals surface area contributed by atoms with Crippen molar-refractivity contribution in [3.63, 3.8) is 0 Å². The summed E-state index contributed by atoms with van der Waals surface area (Å²) >= 11 is 0. The lowest BCUT2D eigenvalue weighted by Gasteiger charge is -2.24. The number of rotatable bonds is 6. The lowest BCUT2D eigenvalue weighted by Crippen LogP contribution is -2.36. The van der Waals surface area contributed by atoms with Gasteiger partial charge in [0.25, 0.3) is 0 Å². The van der Waals surface area contributed by atoms with Crippen LogP contribution in [0, 0.1) is 0 Å². The predicted molar refractivity (Wildman–Crippen MR) is 85.7 cm³/mol. The molecule has 0 bridgehead atoms. The zero-order valence-corrected chi connectivity index (χ0v) is 14.7. The number of unbranched alkanes of at least 4 members (excludes halogenated alkanes) is 1. The average Bonchev–Trinajstić information content (AvgIpc) is 3.06. The monoisotopic (exact) mass is 327 g/mol. The van der Waals surface area contributed by atoms with E-state index < -0.39 is 11.4 Å². The standard InChI is InChI=1S/C17H29NO5/c1-16(2,3)23-15(19)18-9-7-14(13-18)20-10-6-5-8-17(4)21-11-12-22-17/h11-12,14H,5-10,13H2,1-4H3/t14-/m1/s1. The Balaban J connectivity index is 1.56. The highest BCUT2D eigenvalue weighted by atomic mass is 16.7. The number of carbonyl (C=O) groups excluding carboxylic acids is 1. The van der Waals surface area contributed by atoms with E-state index in [1.165, 1.54) is 0 Å². The van der Waals surface area contributed by atoms with Crippen LogP contribution in [0.25, 0.3) is 0 Å². The van der Waals surface area contributed by atoms with Crippen LogP contribution in [0.15, 0.2) is 12.5 Å². The first kappa shape index (κ1) is 17.9. The fourth-order valence-electron chi connectivity index (χ4n) is 2.64. The van der Waals surface area contributed by atoms with Gasteiger partial charge in [-0.1, -0.05) is 0 Å². The summed E-state index contributed by atoms with van der Waals surface area (Å²) in [7, 11) is 0. The van der Waals surface area contributed by atoms with Crippen LogP contribution in [0.5, 0.6) is 0 Å². The molecular weight excluding hydrogens is 298 g/mol. The topological polar surface area (TPSA) is 57.2 Å². The SMILES string of the molecule is CC(C)(C)OC(=O)N1CC[C@@H](OCCCCC2(C)OC=CO2)C1. The predicted octanol–water partition coefficient (Wildman–Crippen LogP) is 3.42. The third-order valence-corrected chi connectivity index (χ3v) is 3.87. The Morgan fingerprint density at radius 3 is 2.65 bits per heavy atom. The number of hydrogen-bond acceptors (Lipinski definition) is 5. The van der Waals surface area contributed by atoms with Crippen molar-refractivity contribution in [3.05, 3.63) is 12.5 Å². The third-order valence-electron chi connectivity index (χ3n) is 3.87. The fourth-order valence-corrected chi connectivity index (χ4v) is 2.64. The first-order valence-electron chi connectivity index (χ1n) is 8.38. The van der Waals surface area contributed by atoms with Crippen LogP contribution >= 0.6 is 0 Å². The lowest BCUT2D eigenvalue weighted by atomic mass is 10.1. The highest BCUT2D eigenvalue weighted by molar-refractivity contribution is 5.68. The summed E-state index contributed by atoms with van der Waals surface area (Å²) in [5.74, 6) is -0.513. The van der Waals surface area contributed by atoms with Crippen LogP contribution in [-0.2, 0) is 18.9 Å². The van der Waals surface area contributed by atoms with E-state index in [1.54, 1.807) is 17.4 Å². The van der Waals surface area contributed by atoms with Gasteiger partial charge in [-0.25, -0.2) is 4.79 Å². The highest BCUT2D eigenvalue weighted by Crippen LogP contribution is 2.25. The molecule has 2 rings (SSSR count). The first-order chi connectivity index (χ1) is 10.8. The fraction of sp³-hybridized carbons (Fsp3) is 0.824. The average molecular weight is 327 g/mol. The Labute approximate surface area is 138 Å². The Hall–Kier alpha value is -1.43. The van der Waals surface area contributed by atoms with Crippen molar-refractivity contribution in [2.75, 3.05) is 19.7 Å². The quantitative estimate of drug-likeness (QED) is 0.700. The number of nitrogens with zero attached hydrogens (tertiary/aromatic N) is 1. The second-order valence-corrected chi connectivity index (χ2v) is 7.31. The van der Waals surface area contributed by atoms with E-state index in [2.05, 4.69) is 0 Å². The van der Waals surface area contributed by atoms with Crippen molar-refractivity contribution < 1.29 is 23.7 Å². The smallest absolute Gasteiger partial charge is 0.410 e. The molecule has 0 aromatic carbocycles. The summed E-state index contributed by atoms with van der Waals surface area (Å²) in [6.45, 7) is 9.57. The van der Waals surface area contributed by atoms with Crippen LogP contribution in [0.1, 0.15) is 53.4 Å². The van der Waals surface area contributed by atoms with Crippen molar-refractivity contribution >= 4 is 6.09 Å². The zero-order chi connectivity index (χ0) is 16.9. The molecule has 1 fully saturated rings. The maximum Gasteiger partial charge on any atom is 0.410 e. The van der Waals surface area contributed by atoms with Gasteiger partial charge in [0.2, 0.25) is 5.79 Å². The van der Waals surface area contributed by atoms with Gasteiger partial charge in [0.1, 0.15) is 18.1 Å². The van der Waals surface area contributed by atoms with Crippen LogP contribution < -0.4 is 0 Å². The first-order valence-corrected chi connectivity index (χ1v) is 8.38. The minimum atomic E-state index is -0.513. The van der Waals surface area contributed by atoms with Gasteiger partial charge in [-0.15, -0.1) is 0 Å². The van der Waals surface area contributed by atoms with Gasteiger partial charge < -0.3 is 23.8 Å². The molecule has 0 N–H and O–H groups in total. The van der Waals surface area contributed by atoms with E-state index in [4.69, 9.17) is 18.9 Å². The Morgan fingerprint density at radius 1 is 1.30 bits per heavy atom. The third kappa shape index (κ3) is 5.94. The van der Waals surface area contributed by atoms with E-state index in [1.807, 2.05) is 27.7 Å². The molecule has 2 heterocycles. The van der Waals surface area contributed by atoms with Crippen molar-refractivity contribution in [1.82, 2.24) is 4.90 Å². The van der Waals surface area contributed by atoms with Gasteiger partial charge in [0.15, 0.2) is 0 Å². The van der Waals surface area contributed by atoms with Crippen LogP contribution in [0.2, 0.25) is 0 Å².